The number of hydrogen-bond acceptors (Lipinski definition) is 2. The molecule has 0 amide bonds. The van der Waals surface area contributed by atoms with Gasteiger partial charge in [0.25, 0.3) is 0 Å². The molecule has 2 heteroatoms. The number of rotatable bonds is 4. The molecule has 0 aromatic heterocycles. The topological polar surface area (TPSA) is 38.0 Å². The molecule has 2 saturated carbocycles. The minimum Gasteiger partial charge on any atom is -0.329 e. The lowest BCUT2D eigenvalue weighted by atomic mass is 9.71. The van der Waals surface area contributed by atoms with E-state index in [1.807, 2.05) is 0 Å². The molecule has 0 aromatic rings. The predicted molar refractivity (Wildman–Crippen MR) is 78.5 cm³/mol. The molecule has 0 saturated heterocycles. The third-order valence-corrected chi connectivity index (χ3v) is 5.42. The molecule has 0 radical (unpaired) electrons. The van der Waals surface area contributed by atoms with E-state index in [1.165, 1.54) is 44.9 Å². The van der Waals surface area contributed by atoms with Gasteiger partial charge in [-0.15, -0.1) is 0 Å². The minimum atomic E-state index is 0.252. The van der Waals surface area contributed by atoms with Gasteiger partial charge in [-0.1, -0.05) is 33.6 Å². The van der Waals surface area contributed by atoms with Crippen molar-refractivity contribution in [3.8, 4) is 0 Å². The Bertz CT molecular complexity index is 264. The molecule has 106 valence electrons. The van der Waals surface area contributed by atoms with Crippen molar-refractivity contribution in [2.24, 2.45) is 23.5 Å². The van der Waals surface area contributed by atoms with Gasteiger partial charge in [0.1, 0.15) is 0 Å². The molecule has 0 aromatic carbocycles. The average molecular weight is 252 g/mol. The van der Waals surface area contributed by atoms with Gasteiger partial charge in [0.2, 0.25) is 0 Å². The lowest BCUT2D eigenvalue weighted by Gasteiger charge is -2.44. The van der Waals surface area contributed by atoms with E-state index in [2.05, 4.69) is 26.1 Å². The van der Waals surface area contributed by atoms with Crippen molar-refractivity contribution in [3.63, 3.8) is 0 Å². The predicted octanol–water partition coefficient (Wildman–Crippen LogP) is 3.31. The van der Waals surface area contributed by atoms with Crippen molar-refractivity contribution in [3.05, 3.63) is 0 Å². The maximum atomic E-state index is 6.15. The first-order chi connectivity index (χ1) is 8.54. The SMILES string of the molecule is CC1CCC(NC2(CN)CCCC(C(C)C)C2)C1. The Kier molecular flexibility index (Phi) is 4.71. The molecule has 2 aliphatic rings. The van der Waals surface area contributed by atoms with Crippen LogP contribution in [0.25, 0.3) is 0 Å². The molecule has 18 heavy (non-hydrogen) atoms. The molecule has 2 nitrogen and oxygen atoms in total. The van der Waals surface area contributed by atoms with E-state index in [0.29, 0.717) is 0 Å². The molecule has 2 rings (SSSR count). The summed E-state index contributed by atoms with van der Waals surface area (Å²) in [6, 6.07) is 0.731. The number of nitrogens with one attached hydrogen (secondary N) is 1. The Morgan fingerprint density at radius 3 is 2.61 bits per heavy atom. The standard InChI is InChI=1S/C16H32N2/c1-12(2)14-5-4-8-16(10-14,11-17)18-15-7-6-13(3)9-15/h12-15,18H,4-11,17H2,1-3H3. The molecule has 0 aliphatic heterocycles. The molecule has 0 spiro atoms. The van der Waals surface area contributed by atoms with Gasteiger partial charge in [0.15, 0.2) is 0 Å². The van der Waals surface area contributed by atoms with Crippen LogP contribution in [-0.4, -0.2) is 18.1 Å². The Balaban J connectivity index is 1.96. The van der Waals surface area contributed by atoms with Crippen LogP contribution in [0.15, 0.2) is 0 Å². The fraction of sp³-hybridized carbons (Fsp3) is 1.00. The van der Waals surface area contributed by atoms with Gasteiger partial charge in [-0.3, -0.25) is 0 Å². The third kappa shape index (κ3) is 3.27. The second-order valence-electron chi connectivity index (χ2n) is 7.34. The van der Waals surface area contributed by atoms with E-state index in [4.69, 9.17) is 5.73 Å². The maximum Gasteiger partial charge on any atom is 0.0309 e. The number of nitrogens with two attached hydrogens (primary N) is 1. The summed E-state index contributed by atoms with van der Waals surface area (Å²) in [5.74, 6) is 2.58. The van der Waals surface area contributed by atoms with Crippen LogP contribution in [0.4, 0.5) is 0 Å². The van der Waals surface area contributed by atoms with E-state index in [9.17, 15) is 0 Å². The quantitative estimate of drug-likeness (QED) is 0.805. The van der Waals surface area contributed by atoms with Gasteiger partial charge in [-0.2, -0.15) is 0 Å². The van der Waals surface area contributed by atoms with Crippen molar-refractivity contribution < 1.29 is 0 Å². The van der Waals surface area contributed by atoms with Crippen molar-refractivity contribution in [2.75, 3.05) is 6.54 Å². The molecular weight excluding hydrogens is 220 g/mol. The fourth-order valence-corrected chi connectivity index (χ4v) is 4.12. The summed E-state index contributed by atoms with van der Waals surface area (Å²) >= 11 is 0. The highest BCUT2D eigenvalue weighted by molar-refractivity contribution is 4.98. The first-order valence-corrected chi connectivity index (χ1v) is 8.02. The summed E-state index contributed by atoms with van der Waals surface area (Å²) in [5.41, 5.74) is 6.40. The Morgan fingerprint density at radius 2 is 2.06 bits per heavy atom. The van der Waals surface area contributed by atoms with Crippen molar-refractivity contribution in [1.82, 2.24) is 5.32 Å². The Morgan fingerprint density at radius 1 is 1.28 bits per heavy atom. The second kappa shape index (κ2) is 5.92. The monoisotopic (exact) mass is 252 g/mol. The van der Waals surface area contributed by atoms with E-state index >= 15 is 0 Å². The van der Waals surface area contributed by atoms with Crippen LogP contribution in [-0.2, 0) is 0 Å². The zero-order chi connectivity index (χ0) is 13.2. The fourth-order valence-electron chi connectivity index (χ4n) is 4.12. The van der Waals surface area contributed by atoms with Crippen molar-refractivity contribution in [1.29, 1.82) is 0 Å². The van der Waals surface area contributed by atoms with Gasteiger partial charge in [0, 0.05) is 18.1 Å². The summed E-state index contributed by atoms with van der Waals surface area (Å²) in [5, 5.41) is 3.97. The zero-order valence-electron chi connectivity index (χ0n) is 12.5. The van der Waals surface area contributed by atoms with E-state index in [0.717, 1.165) is 30.3 Å². The molecule has 0 bridgehead atoms. The minimum absolute atomic E-state index is 0.252. The normalized spacial score (nSPS) is 41.5. The molecule has 2 fully saturated rings. The lowest BCUT2D eigenvalue weighted by molar-refractivity contribution is 0.140. The summed E-state index contributed by atoms with van der Waals surface area (Å²) in [6.45, 7) is 7.94. The van der Waals surface area contributed by atoms with Gasteiger partial charge in [-0.05, 0) is 49.9 Å². The Hall–Kier alpha value is -0.0800. The largest absolute Gasteiger partial charge is 0.329 e. The summed E-state index contributed by atoms with van der Waals surface area (Å²) in [7, 11) is 0. The second-order valence-corrected chi connectivity index (χ2v) is 7.34. The van der Waals surface area contributed by atoms with Gasteiger partial charge < -0.3 is 11.1 Å². The molecule has 3 N–H and O–H groups in total. The summed E-state index contributed by atoms with van der Waals surface area (Å²) in [6.07, 6.45) is 9.45. The highest BCUT2D eigenvalue weighted by atomic mass is 15.0. The van der Waals surface area contributed by atoms with E-state index in [1.54, 1.807) is 0 Å². The number of hydrogen-bond donors (Lipinski definition) is 2. The highest BCUT2D eigenvalue weighted by Crippen LogP contribution is 2.37. The van der Waals surface area contributed by atoms with Gasteiger partial charge >= 0.3 is 0 Å². The molecule has 2 aliphatic carbocycles. The summed E-state index contributed by atoms with van der Waals surface area (Å²) in [4.78, 5) is 0. The van der Waals surface area contributed by atoms with Gasteiger partial charge in [-0.25, -0.2) is 0 Å². The summed E-state index contributed by atoms with van der Waals surface area (Å²) < 4.78 is 0. The third-order valence-electron chi connectivity index (χ3n) is 5.42. The first kappa shape index (κ1) is 14.3. The van der Waals surface area contributed by atoms with Crippen LogP contribution in [0.2, 0.25) is 0 Å². The smallest absolute Gasteiger partial charge is 0.0309 e. The molecule has 4 atom stereocenters. The van der Waals surface area contributed by atoms with Crippen LogP contribution < -0.4 is 11.1 Å². The Labute approximate surface area is 113 Å². The van der Waals surface area contributed by atoms with Crippen LogP contribution in [0.3, 0.4) is 0 Å². The highest BCUT2D eigenvalue weighted by Gasteiger charge is 2.38. The molecular formula is C16H32N2. The van der Waals surface area contributed by atoms with Crippen molar-refractivity contribution in [2.45, 2.75) is 77.3 Å². The first-order valence-electron chi connectivity index (χ1n) is 8.02. The lowest BCUT2D eigenvalue weighted by Crippen LogP contribution is -2.57. The van der Waals surface area contributed by atoms with Gasteiger partial charge in [0.05, 0.1) is 0 Å². The molecule has 0 heterocycles. The van der Waals surface area contributed by atoms with Crippen molar-refractivity contribution >= 4 is 0 Å². The maximum absolute atomic E-state index is 6.15. The van der Waals surface area contributed by atoms with Crippen LogP contribution in [0.1, 0.15) is 65.7 Å². The van der Waals surface area contributed by atoms with E-state index in [-0.39, 0.29) is 5.54 Å². The average Bonchev–Trinajstić information content (AvgIpc) is 2.75. The van der Waals surface area contributed by atoms with Crippen LogP contribution >= 0.6 is 0 Å². The van der Waals surface area contributed by atoms with Crippen LogP contribution in [0, 0.1) is 17.8 Å². The zero-order valence-corrected chi connectivity index (χ0v) is 12.5. The van der Waals surface area contributed by atoms with E-state index < -0.39 is 0 Å². The molecule has 4 unspecified atom stereocenters. The van der Waals surface area contributed by atoms with Crippen LogP contribution in [0.5, 0.6) is 0 Å².